The van der Waals surface area contributed by atoms with Gasteiger partial charge in [0.2, 0.25) is 0 Å². The Bertz CT molecular complexity index is 1490. The number of hydrogen-bond donors (Lipinski definition) is 1. The van der Waals surface area contributed by atoms with Gasteiger partial charge >= 0.3 is 0 Å². The minimum absolute atomic E-state index is 0.119. The predicted octanol–water partition coefficient (Wildman–Crippen LogP) is 5.53. The molecule has 1 amide bonds. The first kappa shape index (κ1) is 25.5. The van der Waals surface area contributed by atoms with Crippen LogP contribution in [0.3, 0.4) is 0 Å². The number of fused-ring (bicyclic) bond motifs is 1. The fraction of sp³-hybridized carbons (Fsp3) is 0.323. The minimum atomic E-state index is -0.624. The molecule has 7 heteroatoms. The number of anilines is 3. The monoisotopic (exact) mass is 509 g/mol. The first-order chi connectivity index (χ1) is 18.2. The molecule has 0 unspecified atom stereocenters. The van der Waals surface area contributed by atoms with E-state index >= 15 is 0 Å². The predicted molar refractivity (Wildman–Crippen MR) is 154 cm³/mol. The van der Waals surface area contributed by atoms with E-state index in [1.165, 1.54) is 5.56 Å². The molecule has 7 nitrogen and oxygen atoms in total. The highest BCUT2D eigenvalue weighted by Gasteiger charge is 2.26. The SMILES string of the molecule is Cc1cc(C)nc(N2CCN(c3ccc(NC(=O)C(=O)c4c(C(C)C)cc5ccccn45)c(C)c3)CC2)c1. The van der Waals surface area contributed by atoms with E-state index in [4.69, 9.17) is 4.98 Å². The Morgan fingerprint density at radius 1 is 0.895 bits per heavy atom. The largest absolute Gasteiger partial charge is 0.368 e. The second kappa shape index (κ2) is 10.3. The normalized spacial score (nSPS) is 13.8. The van der Waals surface area contributed by atoms with Gasteiger partial charge in [0.25, 0.3) is 11.7 Å². The standard InChI is InChI=1S/C31H35N5O2/c1-20(2)26-19-25-8-6-7-11-36(25)29(26)30(37)31(38)33-27-10-9-24(18-22(27)4)34-12-14-35(15-13-34)28-17-21(3)16-23(5)32-28/h6-11,16-20H,12-15H2,1-5H3,(H,33,38). The first-order valence-corrected chi connectivity index (χ1v) is 13.2. The summed E-state index contributed by atoms with van der Waals surface area (Å²) in [4.78, 5) is 35.8. The molecule has 1 aromatic carbocycles. The molecule has 0 bridgehead atoms. The van der Waals surface area contributed by atoms with Crippen LogP contribution < -0.4 is 15.1 Å². The second-order valence-corrected chi connectivity index (χ2v) is 10.5. The van der Waals surface area contributed by atoms with Crippen LogP contribution >= 0.6 is 0 Å². The van der Waals surface area contributed by atoms with E-state index in [-0.39, 0.29) is 5.92 Å². The van der Waals surface area contributed by atoms with Crippen LogP contribution in [-0.4, -0.2) is 47.3 Å². The van der Waals surface area contributed by atoms with Gasteiger partial charge in [0, 0.05) is 55.0 Å². The van der Waals surface area contributed by atoms with Gasteiger partial charge in [-0.25, -0.2) is 4.98 Å². The number of ketones is 1. The van der Waals surface area contributed by atoms with Crippen LogP contribution in [0.5, 0.6) is 0 Å². The summed E-state index contributed by atoms with van der Waals surface area (Å²) in [6.45, 7) is 13.7. The number of hydrogen-bond acceptors (Lipinski definition) is 5. The van der Waals surface area contributed by atoms with Gasteiger partial charge in [-0.1, -0.05) is 19.9 Å². The van der Waals surface area contributed by atoms with Crippen molar-refractivity contribution in [3.05, 3.63) is 88.9 Å². The smallest absolute Gasteiger partial charge is 0.298 e. The number of benzene rings is 1. The number of aryl methyl sites for hydroxylation is 3. The molecule has 1 aliphatic rings. The van der Waals surface area contributed by atoms with Crippen molar-refractivity contribution in [2.24, 2.45) is 0 Å². The van der Waals surface area contributed by atoms with Crippen LogP contribution in [0.4, 0.5) is 17.2 Å². The lowest BCUT2D eigenvalue weighted by molar-refractivity contribution is -0.112. The zero-order valence-electron chi connectivity index (χ0n) is 22.8. The van der Waals surface area contributed by atoms with Gasteiger partial charge in [-0.3, -0.25) is 9.59 Å². The molecule has 1 fully saturated rings. The van der Waals surface area contributed by atoms with E-state index in [0.29, 0.717) is 11.4 Å². The van der Waals surface area contributed by atoms with Crippen LogP contribution in [0.1, 0.15) is 52.6 Å². The van der Waals surface area contributed by atoms with Crippen molar-refractivity contribution in [3.8, 4) is 0 Å². The number of amides is 1. The number of Topliss-reactive ketones (excluding diaryl/α,β-unsaturated/α-hetero) is 1. The Hall–Kier alpha value is -4.13. The number of pyridine rings is 2. The highest BCUT2D eigenvalue weighted by Crippen LogP contribution is 2.27. The zero-order valence-corrected chi connectivity index (χ0v) is 22.8. The molecule has 1 N–H and O–H groups in total. The quantitative estimate of drug-likeness (QED) is 0.273. The summed E-state index contributed by atoms with van der Waals surface area (Å²) in [6.07, 6.45) is 1.83. The number of rotatable bonds is 6. The maximum Gasteiger partial charge on any atom is 0.298 e. The van der Waals surface area contributed by atoms with E-state index < -0.39 is 11.7 Å². The fourth-order valence-electron chi connectivity index (χ4n) is 5.27. The van der Waals surface area contributed by atoms with Crippen LogP contribution in [0, 0.1) is 20.8 Å². The van der Waals surface area contributed by atoms with E-state index in [1.807, 2.05) is 70.3 Å². The zero-order chi connectivity index (χ0) is 27.0. The third-order valence-electron chi connectivity index (χ3n) is 7.26. The number of nitrogens with one attached hydrogen (secondary N) is 1. The molecule has 4 heterocycles. The summed E-state index contributed by atoms with van der Waals surface area (Å²) in [5.74, 6) is 0.00645. The third-order valence-corrected chi connectivity index (χ3v) is 7.26. The van der Waals surface area contributed by atoms with Gasteiger partial charge in [0.1, 0.15) is 11.5 Å². The lowest BCUT2D eigenvalue weighted by atomic mass is 10.0. The summed E-state index contributed by atoms with van der Waals surface area (Å²) < 4.78 is 1.81. The molecule has 38 heavy (non-hydrogen) atoms. The highest BCUT2D eigenvalue weighted by molar-refractivity contribution is 6.46. The first-order valence-electron chi connectivity index (χ1n) is 13.2. The van der Waals surface area contributed by atoms with Gasteiger partial charge in [0.15, 0.2) is 0 Å². The summed E-state index contributed by atoms with van der Waals surface area (Å²) in [6, 6.07) is 18.0. The molecule has 0 spiro atoms. The second-order valence-electron chi connectivity index (χ2n) is 10.5. The number of piperazine rings is 1. The summed E-state index contributed by atoms with van der Waals surface area (Å²) in [5, 5.41) is 2.86. The maximum atomic E-state index is 13.3. The van der Waals surface area contributed by atoms with Crippen molar-refractivity contribution in [1.29, 1.82) is 0 Å². The summed E-state index contributed by atoms with van der Waals surface area (Å²) in [5.41, 5.74) is 7.16. The van der Waals surface area contributed by atoms with E-state index in [1.54, 1.807) is 4.40 Å². The molecule has 0 saturated carbocycles. The fourth-order valence-corrected chi connectivity index (χ4v) is 5.27. The van der Waals surface area contributed by atoms with Crippen molar-refractivity contribution in [1.82, 2.24) is 9.38 Å². The van der Waals surface area contributed by atoms with Crippen LogP contribution in [-0.2, 0) is 4.79 Å². The Morgan fingerprint density at radius 3 is 2.32 bits per heavy atom. The Morgan fingerprint density at radius 2 is 1.63 bits per heavy atom. The van der Waals surface area contributed by atoms with Gasteiger partial charge in [-0.15, -0.1) is 0 Å². The summed E-state index contributed by atoms with van der Waals surface area (Å²) in [7, 11) is 0. The maximum absolute atomic E-state index is 13.3. The lowest BCUT2D eigenvalue weighted by Crippen LogP contribution is -2.46. The van der Waals surface area contributed by atoms with Gasteiger partial charge in [0.05, 0.1) is 0 Å². The van der Waals surface area contributed by atoms with Gasteiger partial charge in [-0.2, -0.15) is 0 Å². The van der Waals surface area contributed by atoms with Crippen LogP contribution in [0.25, 0.3) is 5.52 Å². The van der Waals surface area contributed by atoms with Gasteiger partial charge in [-0.05, 0) is 91.9 Å². The number of carbonyl (C=O) groups is 2. The molecule has 3 aromatic heterocycles. The van der Waals surface area contributed by atoms with E-state index in [0.717, 1.165) is 60.0 Å². The van der Waals surface area contributed by atoms with Crippen molar-refractivity contribution in [2.45, 2.75) is 40.5 Å². The number of carbonyl (C=O) groups excluding carboxylic acids is 2. The lowest BCUT2D eigenvalue weighted by Gasteiger charge is -2.37. The molecule has 0 radical (unpaired) electrons. The molecule has 0 atom stereocenters. The van der Waals surface area contributed by atoms with Crippen molar-refractivity contribution >= 4 is 34.4 Å². The third kappa shape index (κ3) is 5.01. The van der Waals surface area contributed by atoms with Crippen LogP contribution in [0.15, 0.2) is 60.8 Å². The molecule has 5 rings (SSSR count). The van der Waals surface area contributed by atoms with Crippen molar-refractivity contribution in [2.75, 3.05) is 41.3 Å². The van der Waals surface area contributed by atoms with Crippen molar-refractivity contribution in [3.63, 3.8) is 0 Å². The molecule has 196 valence electrons. The highest BCUT2D eigenvalue weighted by atomic mass is 16.2. The number of nitrogens with zero attached hydrogens (tertiary/aromatic N) is 4. The Kier molecular flexibility index (Phi) is 6.93. The molecule has 1 saturated heterocycles. The average Bonchev–Trinajstić information content (AvgIpc) is 3.29. The Balaban J connectivity index is 1.28. The van der Waals surface area contributed by atoms with E-state index in [2.05, 4.69) is 40.2 Å². The summed E-state index contributed by atoms with van der Waals surface area (Å²) >= 11 is 0. The molecule has 0 aliphatic carbocycles. The minimum Gasteiger partial charge on any atom is -0.368 e. The Labute approximate surface area is 224 Å². The molecular formula is C31H35N5O2. The van der Waals surface area contributed by atoms with Gasteiger partial charge < -0.3 is 19.5 Å². The van der Waals surface area contributed by atoms with Crippen LogP contribution in [0.2, 0.25) is 0 Å². The average molecular weight is 510 g/mol. The van der Waals surface area contributed by atoms with E-state index in [9.17, 15) is 9.59 Å². The molecule has 4 aromatic rings. The topological polar surface area (TPSA) is 70.0 Å². The molecule has 1 aliphatic heterocycles. The number of aromatic nitrogens is 2. The van der Waals surface area contributed by atoms with Crippen molar-refractivity contribution < 1.29 is 9.59 Å². The molecular weight excluding hydrogens is 474 g/mol.